The van der Waals surface area contributed by atoms with Crippen molar-refractivity contribution in [1.82, 2.24) is 4.57 Å². The Morgan fingerprint density at radius 3 is 2.74 bits per heavy atom. The number of rotatable bonds is 7. The fraction of sp³-hybridized carbons (Fsp3) is 0.571. The van der Waals surface area contributed by atoms with Gasteiger partial charge in [0.05, 0.1) is 0 Å². The van der Waals surface area contributed by atoms with E-state index in [9.17, 15) is 9.90 Å². The van der Waals surface area contributed by atoms with Crippen molar-refractivity contribution < 1.29 is 9.84 Å². The van der Waals surface area contributed by atoms with Crippen molar-refractivity contribution in [2.24, 2.45) is 0 Å². The molecule has 1 aromatic heterocycles. The quantitative estimate of drug-likeness (QED) is 0.764. The van der Waals surface area contributed by atoms with Gasteiger partial charge in [0.1, 0.15) is 11.6 Å². The zero-order chi connectivity index (χ0) is 14.3. The second-order valence-corrected chi connectivity index (χ2v) is 4.45. The second kappa shape index (κ2) is 7.59. The summed E-state index contributed by atoms with van der Waals surface area (Å²) in [6, 6.07) is 3.28. The fourth-order valence-electron chi connectivity index (χ4n) is 1.78. The standard InChI is InChI=1S/C14H20N2O3/c1-3-4-7-19-8-5-6-16-13(17)9-11(2)12(10-15)14(16)18/h9,18H,3-8H2,1-2H3. The summed E-state index contributed by atoms with van der Waals surface area (Å²) in [5.41, 5.74) is 0.370. The van der Waals surface area contributed by atoms with Crippen LogP contribution in [0.1, 0.15) is 37.3 Å². The third-order valence-corrected chi connectivity index (χ3v) is 2.90. The zero-order valence-corrected chi connectivity index (χ0v) is 11.5. The number of hydrogen-bond donors (Lipinski definition) is 1. The molecule has 1 rings (SSSR count). The van der Waals surface area contributed by atoms with Crippen LogP contribution in [0.2, 0.25) is 0 Å². The van der Waals surface area contributed by atoms with Crippen LogP contribution in [0.25, 0.3) is 0 Å². The smallest absolute Gasteiger partial charge is 0.253 e. The third kappa shape index (κ3) is 4.11. The topological polar surface area (TPSA) is 75.2 Å². The van der Waals surface area contributed by atoms with Gasteiger partial charge in [-0.25, -0.2) is 0 Å². The molecule has 0 saturated carbocycles. The highest BCUT2D eigenvalue weighted by molar-refractivity contribution is 5.43. The Morgan fingerprint density at radius 1 is 1.42 bits per heavy atom. The normalized spacial score (nSPS) is 10.4. The van der Waals surface area contributed by atoms with Crippen LogP contribution in [-0.2, 0) is 11.3 Å². The van der Waals surface area contributed by atoms with Crippen LogP contribution in [0.15, 0.2) is 10.9 Å². The molecule has 1 N–H and O–H groups in total. The van der Waals surface area contributed by atoms with E-state index in [-0.39, 0.29) is 17.0 Å². The van der Waals surface area contributed by atoms with Gasteiger partial charge in [-0.3, -0.25) is 9.36 Å². The van der Waals surface area contributed by atoms with Crippen molar-refractivity contribution in [1.29, 1.82) is 5.26 Å². The highest BCUT2D eigenvalue weighted by Crippen LogP contribution is 2.17. The molecule has 0 fully saturated rings. The molecule has 0 aliphatic rings. The van der Waals surface area contributed by atoms with Gasteiger partial charge in [-0.1, -0.05) is 13.3 Å². The van der Waals surface area contributed by atoms with Crippen LogP contribution < -0.4 is 5.56 Å². The summed E-state index contributed by atoms with van der Waals surface area (Å²) < 4.78 is 6.61. The maximum Gasteiger partial charge on any atom is 0.253 e. The van der Waals surface area contributed by atoms with Gasteiger partial charge in [0.15, 0.2) is 0 Å². The molecule has 5 nitrogen and oxygen atoms in total. The minimum Gasteiger partial charge on any atom is -0.493 e. The average molecular weight is 264 g/mol. The van der Waals surface area contributed by atoms with Crippen LogP contribution in [0.5, 0.6) is 5.88 Å². The summed E-state index contributed by atoms with van der Waals surface area (Å²) in [7, 11) is 0. The van der Waals surface area contributed by atoms with Gasteiger partial charge >= 0.3 is 0 Å². The van der Waals surface area contributed by atoms with E-state index < -0.39 is 0 Å². The number of unbranched alkanes of at least 4 members (excludes halogenated alkanes) is 1. The predicted octanol–water partition coefficient (Wildman–Crippen LogP) is 1.94. The number of aryl methyl sites for hydroxylation is 1. The molecule has 0 aliphatic carbocycles. The van der Waals surface area contributed by atoms with Crippen molar-refractivity contribution in [2.45, 2.75) is 39.7 Å². The summed E-state index contributed by atoms with van der Waals surface area (Å²) in [4.78, 5) is 11.7. The molecule has 104 valence electrons. The van der Waals surface area contributed by atoms with Crippen LogP contribution in [0.4, 0.5) is 0 Å². The molecule has 0 spiro atoms. The third-order valence-electron chi connectivity index (χ3n) is 2.90. The van der Waals surface area contributed by atoms with Crippen molar-refractivity contribution in [3.63, 3.8) is 0 Å². The Bertz CT molecular complexity index is 515. The zero-order valence-electron chi connectivity index (χ0n) is 11.5. The molecule has 1 aromatic rings. The summed E-state index contributed by atoms with van der Waals surface area (Å²) in [6.45, 7) is 5.34. The Labute approximate surface area is 113 Å². The molecule has 5 heteroatoms. The first-order valence-electron chi connectivity index (χ1n) is 6.53. The lowest BCUT2D eigenvalue weighted by Gasteiger charge is -2.11. The van der Waals surface area contributed by atoms with Crippen LogP contribution in [0.3, 0.4) is 0 Å². The summed E-state index contributed by atoms with van der Waals surface area (Å²) in [5.74, 6) is -0.249. The van der Waals surface area contributed by atoms with Crippen LogP contribution in [-0.4, -0.2) is 22.9 Å². The van der Waals surface area contributed by atoms with Crippen LogP contribution in [0, 0.1) is 18.3 Å². The molecule has 0 unspecified atom stereocenters. The summed E-state index contributed by atoms with van der Waals surface area (Å²) in [5, 5.41) is 18.8. The van der Waals surface area contributed by atoms with Gasteiger partial charge < -0.3 is 9.84 Å². The molecule has 0 amide bonds. The molecular formula is C14H20N2O3. The number of nitrogens with zero attached hydrogens (tertiary/aromatic N) is 2. The van der Waals surface area contributed by atoms with Gasteiger partial charge in [-0.15, -0.1) is 0 Å². The molecule has 0 atom stereocenters. The molecule has 0 aromatic carbocycles. The van der Waals surface area contributed by atoms with E-state index in [1.165, 1.54) is 10.6 Å². The van der Waals surface area contributed by atoms with E-state index in [4.69, 9.17) is 10.00 Å². The minimum absolute atomic E-state index is 0.159. The van der Waals surface area contributed by atoms with Gasteiger partial charge in [-0.2, -0.15) is 5.26 Å². The van der Waals surface area contributed by atoms with E-state index in [2.05, 4.69) is 6.92 Å². The predicted molar refractivity (Wildman–Crippen MR) is 72.2 cm³/mol. The molecule has 0 saturated heterocycles. The maximum absolute atomic E-state index is 11.7. The van der Waals surface area contributed by atoms with Gasteiger partial charge in [0.2, 0.25) is 5.88 Å². The SMILES string of the molecule is CCCCOCCCn1c(O)c(C#N)c(C)cc1=O. The van der Waals surface area contributed by atoms with Gasteiger partial charge in [-0.05, 0) is 25.3 Å². The molecule has 1 heterocycles. The fourth-order valence-corrected chi connectivity index (χ4v) is 1.78. The Hall–Kier alpha value is -1.80. The van der Waals surface area contributed by atoms with E-state index >= 15 is 0 Å². The van der Waals surface area contributed by atoms with Gasteiger partial charge in [0.25, 0.3) is 5.56 Å². The molecule has 0 bridgehead atoms. The lowest BCUT2D eigenvalue weighted by atomic mass is 10.1. The molecule has 19 heavy (non-hydrogen) atoms. The van der Waals surface area contributed by atoms with Crippen molar-refractivity contribution in [3.05, 3.63) is 27.5 Å². The number of nitriles is 1. The van der Waals surface area contributed by atoms with Gasteiger partial charge in [0, 0.05) is 25.8 Å². The van der Waals surface area contributed by atoms with E-state index in [1.807, 2.05) is 6.07 Å². The summed E-state index contributed by atoms with van der Waals surface area (Å²) in [6.07, 6.45) is 2.74. The lowest BCUT2D eigenvalue weighted by Crippen LogP contribution is -2.21. The van der Waals surface area contributed by atoms with E-state index in [1.54, 1.807) is 6.92 Å². The Morgan fingerprint density at radius 2 is 2.11 bits per heavy atom. The van der Waals surface area contributed by atoms with Crippen molar-refractivity contribution >= 4 is 0 Å². The Kier molecular flexibility index (Phi) is 6.10. The second-order valence-electron chi connectivity index (χ2n) is 4.45. The molecular weight excluding hydrogens is 244 g/mol. The van der Waals surface area contributed by atoms with Crippen molar-refractivity contribution in [2.75, 3.05) is 13.2 Å². The maximum atomic E-state index is 11.7. The number of aromatic hydroxyl groups is 1. The first-order valence-corrected chi connectivity index (χ1v) is 6.53. The van der Waals surface area contributed by atoms with E-state index in [0.717, 1.165) is 12.8 Å². The average Bonchev–Trinajstić information content (AvgIpc) is 2.37. The highest BCUT2D eigenvalue weighted by Gasteiger charge is 2.11. The number of pyridine rings is 1. The Balaban J connectivity index is 2.64. The lowest BCUT2D eigenvalue weighted by molar-refractivity contribution is 0.125. The first kappa shape index (κ1) is 15.3. The number of aromatic nitrogens is 1. The number of hydrogen-bond acceptors (Lipinski definition) is 4. The first-order chi connectivity index (χ1) is 9.11. The highest BCUT2D eigenvalue weighted by atomic mass is 16.5. The monoisotopic (exact) mass is 264 g/mol. The minimum atomic E-state index is -0.289. The van der Waals surface area contributed by atoms with E-state index in [0.29, 0.717) is 31.7 Å². The van der Waals surface area contributed by atoms with Crippen molar-refractivity contribution in [3.8, 4) is 11.9 Å². The largest absolute Gasteiger partial charge is 0.493 e. The molecule has 0 radical (unpaired) electrons. The van der Waals surface area contributed by atoms with Crippen LogP contribution >= 0.6 is 0 Å². The summed E-state index contributed by atoms with van der Waals surface area (Å²) >= 11 is 0. The number of ether oxygens (including phenoxy) is 1. The molecule has 0 aliphatic heterocycles.